The first kappa shape index (κ1) is 47.5. The highest BCUT2D eigenvalue weighted by Crippen LogP contribution is 2.61. The molecule has 0 saturated heterocycles. The van der Waals surface area contributed by atoms with E-state index in [0.29, 0.717) is 28.7 Å². The van der Waals surface area contributed by atoms with E-state index in [-0.39, 0.29) is 0 Å². The normalized spacial score (nSPS) is 12.3. The molecule has 0 amide bonds. The smallest absolute Gasteiger partial charge is 0.163 e. The minimum Gasteiger partial charge on any atom is -0.412 e. The number of rotatable bonds is 10. The van der Waals surface area contributed by atoms with Gasteiger partial charge in [0.2, 0.25) is 0 Å². The van der Waals surface area contributed by atoms with Crippen LogP contribution in [-0.2, 0) is 0 Å². The Labute approximate surface area is 484 Å². The molecule has 10 heteroatoms. The predicted molar refractivity (Wildman–Crippen MR) is 346 cm³/mol. The van der Waals surface area contributed by atoms with Crippen LogP contribution in [0.2, 0.25) is 0 Å². The van der Waals surface area contributed by atoms with Crippen molar-refractivity contribution in [2.75, 3.05) is 0 Å². The second-order valence-corrected chi connectivity index (χ2v) is 22.2. The molecule has 0 heterocycles. The van der Waals surface area contributed by atoms with Crippen LogP contribution in [0, 0.1) is 0 Å². The van der Waals surface area contributed by atoms with E-state index in [2.05, 4.69) is 164 Å². The van der Waals surface area contributed by atoms with Gasteiger partial charge in [-0.15, -0.1) is 0 Å². The van der Waals surface area contributed by atoms with Crippen molar-refractivity contribution in [2.24, 2.45) is 28.7 Å². The van der Waals surface area contributed by atoms with Crippen LogP contribution in [0.1, 0.15) is 0 Å². The largest absolute Gasteiger partial charge is 0.412 e. The number of benzene rings is 14. The highest BCUT2D eigenvalue weighted by molar-refractivity contribution is 6.47. The second-order valence-electron chi connectivity index (χ2n) is 22.2. The molecule has 2 aliphatic rings. The fraction of sp³-hybridized carbons (Fsp3) is 0. The molecule has 400 valence electrons. The van der Waals surface area contributed by atoms with Crippen molar-refractivity contribution in [1.29, 1.82) is 0 Å². The zero-order valence-electron chi connectivity index (χ0n) is 45.2. The SMILES string of the molecule is C=NOc1ccc(-c2c3c4cccc5c(-c6ccc7c8c(cccc68)-c6cccc(ON)c6-7)ccc(c3c(-c3ccc(ON)cc3)c3c6ccc(-c7ccc8c9c(cccc79)-c7c-8c(ON)c8ccccc8c7ON)c7cccc(c23)c76)c54)cc1. The third-order valence-corrected chi connectivity index (χ3v) is 18.5. The Morgan fingerprint density at radius 2 is 0.624 bits per heavy atom. The van der Waals surface area contributed by atoms with Gasteiger partial charge >= 0.3 is 0 Å². The highest BCUT2D eigenvalue weighted by atomic mass is 16.6. The number of nitrogens with two attached hydrogens (primary N) is 4. The molecule has 2 aliphatic carbocycles. The summed E-state index contributed by atoms with van der Waals surface area (Å²) in [4.78, 5) is 28.0. The quantitative estimate of drug-likeness (QED) is 0.0771. The summed E-state index contributed by atoms with van der Waals surface area (Å²) in [5.41, 5.74) is 16.9. The maximum Gasteiger partial charge on any atom is 0.163 e. The lowest BCUT2D eigenvalue weighted by atomic mass is 9.87. The van der Waals surface area contributed by atoms with Gasteiger partial charge in [-0.1, -0.05) is 187 Å². The highest BCUT2D eigenvalue weighted by Gasteiger charge is 2.34. The van der Waals surface area contributed by atoms with E-state index in [9.17, 15) is 0 Å². The van der Waals surface area contributed by atoms with Gasteiger partial charge in [0.1, 0.15) is 5.75 Å². The molecule has 16 aromatic rings. The van der Waals surface area contributed by atoms with Crippen LogP contribution in [0.4, 0.5) is 0 Å². The molecular formula is C75H45N5O5. The number of oxime groups is 1. The minimum atomic E-state index is 0.565. The molecule has 8 N–H and O–H groups in total. The first-order valence-corrected chi connectivity index (χ1v) is 28.0. The molecule has 0 bridgehead atoms. The lowest BCUT2D eigenvalue weighted by molar-refractivity contribution is 0.333. The molecule has 0 unspecified atom stereocenters. The molecule has 0 saturated carbocycles. The van der Waals surface area contributed by atoms with Crippen molar-refractivity contribution in [3.8, 4) is 118 Å². The molecule has 85 heavy (non-hydrogen) atoms. The van der Waals surface area contributed by atoms with Gasteiger partial charge in [-0.25, -0.2) is 0 Å². The predicted octanol–water partition coefficient (Wildman–Crippen LogP) is 17.9. The molecule has 10 nitrogen and oxygen atoms in total. The van der Waals surface area contributed by atoms with Gasteiger partial charge in [-0.3, -0.25) is 0 Å². The van der Waals surface area contributed by atoms with E-state index < -0.39 is 0 Å². The van der Waals surface area contributed by atoms with Crippen LogP contribution in [-0.4, -0.2) is 6.72 Å². The van der Waals surface area contributed by atoms with E-state index in [1.807, 2.05) is 60.7 Å². The summed E-state index contributed by atoms with van der Waals surface area (Å²) >= 11 is 0. The fourth-order valence-electron chi connectivity index (χ4n) is 15.4. The van der Waals surface area contributed by atoms with Gasteiger partial charge in [0, 0.05) is 34.2 Å². The number of hydrogen-bond acceptors (Lipinski definition) is 10. The minimum absolute atomic E-state index is 0.565. The molecule has 0 spiro atoms. The first-order valence-electron chi connectivity index (χ1n) is 28.0. The summed E-state index contributed by atoms with van der Waals surface area (Å²) in [5, 5.41) is 23.7. The van der Waals surface area contributed by atoms with Crippen LogP contribution in [0.3, 0.4) is 0 Å². The van der Waals surface area contributed by atoms with Gasteiger partial charge < -0.3 is 24.2 Å². The number of fused-ring (bicyclic) bond motifs is 13. The Hall–Kier alpha value is -11.1. The Bertz CT molecular complexity index is 5590. The van der Waals surface area contributed by atoms with Crippen LogP contribution >= 0.6 is 0 Å². The van der Waals surface area contributed by atoms with Crippen LogP contribution in [0.25, 0.3) is 186 Å². The van der Waals surface area contributed by atoms with Crippen molar-refractivity contribution < 1.29 is 24.2 Å². The van der Waals surface area contributed by atoms with Crippen molar-refractivity contribution in [3.63, 3.8) is 0 Å². The summed E-state index contributed by atoms with van der Waals surface area (Å²) in [6, 6.07) is 75.2. The number of nitrogens with zero attached hydrogens (tertiary/aromatic N) is 1. The monoisotopic (exact) mass is 1100 g/mol. The van der Waals surface area contributed by atoms with Crippen LogP contribution in [0.15, 0.2) is 217 Å². The van der Waals surface area contributed by atoms with Crippen molar-refractivity contribution >= 4 is 104 Å². The Morgan fingerprint density at radius 1 is 0.247 bits per heavy atom. The topological polar surface area (TPSA) is 163 Å². The van der Waals surface area contributed by atoms with Gasteiger partial charge in [0.25, 0.3) is 0 Å². The Kier molecular flexibility index (Phi) is 9.76. The van der Waals surface area contributed by atoms with Crippen LogP contribution in [0.5, 0.6) is 28.7 Å². The average Bonchev–Trinajstić information content (AvgIpc) is 2.02. The molecule has 16 aromatic carbocycles. The standard InChI is InChI=1S/C75H45N5O5/c1-80-85-40-27-23-38(24-28-40)61-68-53-17-5-12-46-42(41-29-33-56-63-45(41)11-4-15-49(63)50-16-8-20-60(82-77)67(50)56)30-34-57(64(46)53)70(68)62(37-21-25-39(81-76)26-22-37)71-58-35-31-43(47-13-6-18-54(65(47)58)69(61)71)44-32-36-59-66-48(44)14-7-19-55(66)72-73(59)75(84-79)52-10-3-2-9-51(52)74(72)83-78/h2-36H,1,76-79H2. The fourth-order valence-corrected chi connectivity index (χ4v) is 15.4. The van der Waals surface area contributed by atoms with E-state index in [1.54, 1.807) is 0 Å². The maximum atomic E-state index is 6.17. The molecule has 0 aliphatic heterocycles. The van der Waals surface area contributed by atoms with Crippen LogP contribution < -0.4 is 47.8 Å². The molecule has 0 fully saturated rings. The van der Waals surface area contributed by atoms with E-state index in [0.717, 1.165) is 170 Å². The average molecular weight is 1100 g/mol. The zero-order valence-corrected chi connectivity index (χ0v) is 45.2. The summed E-state index contributed by atoms with van der Waals surface area (Å²) in [6.45, 7) is 3.62. The van der Waals surface area contributed by atoms with Crippen molar-refractivity contribution in [2.45, 2.75) is 0 Å². The summed E-state index contributed by atoms with van der Waals surface area (Å²) in [7, 11) is 0. The van der Waals surface area contributed by atoms with Crippen molar-refractivity contribution in [3.05, 3.63) is 212 Å². The maximum absolute atomic E-state index is 6.17. The zero-order chi connectivity index (χ0) is 56.5. The molecule has 18 rings (SSSR count). The lowest BCUT2D eigenvalue weighted by Crippen LogP contribution is -2.08. The summed E-state index contributed by atoms with van der Waals surface area (Å²) < 4.78 is 0. The van der Waals surface area contributed by atoms with Gasteiger partial charge in [0.05, 0.1) is 0 Å². The van der Waals surface area contributed by atoms with E-state index in [4.69, 9.17) is 47.8 Å². The van der Waals surface area contributed by atoms with E-state index in [1.165, 1.54) is 16.2 Å². The second kappa shape index (κ2) is 17.5. The third-order valence-electron chi connectivity index (χ3n) is 18.5. The van der Waals surface area contributed by atoms with E-state index >= 15 is 0 Å². The first-order chi connectivity index (χ1) is 42.0. The summed E-state index contributed by atoms with van der Waals surface area (Å²) in [5.74, 6) is 27.0. The third kappa shape index (κ3) is 6.11. The molecule has 0 atom stereocenters. The molecule has 0 radical (unpaired) electrons. The van der Waals surface area contributed by atoms with Gasteiger partial charge in [-0.2, -0.15) is 23.6 Å². The molecule has 0 aromatic heterocycles. The summed E-state index contributed by atoms with van der Waals surface area (Å²) in [6.07, 6.45) is 0. The van der Waals surface area contributed by atoms with Gasteiger partial charge in [-0.05, 0) is 189 Å². The number of hydrogen-bond donors (Lipinski definition) is 4. The molecular weight excluding hydrogens is 1050 g/mol. The Balaban J connectivity index is 0.944. The van der Waals surface area contributed by atoms with Gasteiger partial charge in [0.15, 0.2) is 23.0 Å². The lowest BCUT2D eigenvalue weighted by Gasteiger charge is -2.16. The Morgan fingerprint density at radius 3 is 1.12 bits per heavy atom. The van der Waals surface area contributed by atoms with Crippen molar-refractivity contribution in [1.82, 2.24) is 0 Å².